The Hall–Kier alpha value is -2.21. The summed E-state index contributed by atoms with van der Waals surface area (Å²) >= 11 is 0. The zero-order valence-electron chi connectivity index (χ0n) is 8.70. The Morgan fingerprint density at radius 3 is 2.29 bits per heavy atom. The van der Waals surface area contributed by atoms with Gasteiger partial charge in [0.25, 0.3) is 0 Å². The van der Waals surface area contributed by atoms with Gasteiger partial charge in [0, 0.05) is 0 Å². The maximum atomic E-state index is 11.2. The average Bonchev–Trinajstić information content (AvgIpc) is 2.28. The molecule has 0 saturated heterocycles. The van der Waals surface area contributed by atoms with E-state index in [0.717, 1.165) is 0 Å². The van der Waals surface area contributed by atoms with E-state index in [0.29, 0.717) is 0 Å². The van der Waals surface area contributed by atoms with Gasteiger partial charge in [-0.3, -0.25) is 9.59 Å². The summed E-state index contributed by atoms with van der Waals surface area (Å²) in [7, 11) is 0. The molecule has 0 bridgehead atoms. The van der Waals surface area contributed by atoms with Gasteiger partial charge >= 0.3 is 17.9 Å². The van der Waals surface area contributed by atoms with E-state index in [-0.39, 0.29) is 5.56 Å². The minimum atomic E-state index is -1.60. The van der Waals surface area contributed by atoms with E-state index < -0.39 is 30.4 Å². The van der Waals surface area contributed by atoms with Crippen LogP contribution in [0.3, 0.4) is 0 Å². The summed E-state index contributed by atoms with van der Waals surface area (Å²) in [5.41, 5.74) is 0.264. The highest BCUT2D eigenvalue weighted by Gasteiger charge is 2.22. The van der Waals surface area contributed by atoms with Crippen molar-refractivity contribution in [2.45, 2.75) is 12.5 Å². The lowest BCUT2D eigenvalue weighted by atomic mass is 10.1. The predicted molar refractivity (Wildman–Crippen MR) is 54.8 cm³/mol. The lowest BCUT2D eigenvalue weighted by Crippen LogP contribution is -2.21. The fourth-order valence-electron chi connectivity index (χ4n) is 1.10. The van der Waals surface area contributed by atoms with Crippen LogP contribution >= 0.6 is 0 Å². The van der Waals surface area contributed by atoms with Crippen LogP contribution in [0.5, 0.6) is 0 Å². The van der Waals surface area contributed by atoms with Crippen LogP contribution in [0.2, 0.25) is 0 Å². The van der Waals surface area contributed by atoms with Crippen molar-refractivity contribution in [3.8, 4) is 0 Å². The van der Waals surface area contributed by atoms with Crippen molar-refractivity contribution in [1.29, 1.82) is 0 Å². The third-order valence-corrected chi connectivity index (χ3v) is 1.85. The Bertz CT molecular complexity index is 425. The molecule has 1 atom stereocenters. The molecular formula is C11H10O6. The van der Waals surface area contributed by atoms with Crippen molar-refractivity contribution >= 4 is 17.9 Å². The lowest BCUT2D eigenvalue weighted by Gasteiger charge is -2.08. The molecule has 0 aromatic heterocycles. The van der Waals surface area contributed by atoms with Crippen molar-refractivity contribution < 1.29 is 29.3 Å². The molecule has 0 radical (unpaired) electrons. The van der Waals surface area contributed by atoms with Crippen LogP contribution in [-0.4, -0.2) is 28.1 Å². The van der Waals surface area contributed by atoms with Crippen LogP contribution in [-0.2, 0) is 19.1 Å². The van der Waals surface area contributed by atoms with Crippen molar-refractivity contribution in [2.24, 2.45) is 0 Å². The van der Waals surface area contributed by atoms with Crippen LogP contribution in [0.4, 0.5) is 0 Å². The van der Waals surface area contributed by atoms with E-state index in [4.69, 9.17) is 5.11 Å². The van der Waals surface area contributed by atoms with Gasteiger partial charge in [0.15, 0.2) is 6.10 Å². The summed E-state index contributed by atoms with van der Waals surface area (Å²) in [6.45, 7) is 0. The van der Waals surface area contributed by atoms with Gasteiger partial charge in [0.2, 0.25) is 0 Å². The molecule has 0 amide bonds. The van der Waals surface area contributed by atoms with E-state index in [2.05, 4.69) is 4.74 Å². The molecule has 1 aromatic carbocycles. The molecule has 1 rings (SSSR count). The number of hydrogen-bond acceptors (Lipinski definition) is 5. The highest BCUT2D eigenvalue weighted by molar-refractivity contribution is 5.96. The third kappa shape index (κ3) is 4.04. The number of carboxylic acid groups (broad SMARTS) is 1. The molecule has 0 heterocycles. The van der Waals surface area contributed by atoms with Crippen LogP contribution in [0, 0.1) is 0 Å². The first-order valence-electron chi connectivity index (χ1n) is 4.70. The first kappa shape index (κ1) is 12.9. The maximum Gasteiger partial charge on any atom is 0.347 e. The van der Waals surface area contributed by atoms with Gasteiger partial charge in [0.1, 0.15) is 6.42 Å². The molecule has 0 saturated carbocycles. The van der Waals surface area contributed by atoms with Crippen molar-refractivity contribution in [2.75, 3.05) is 0 Å². The van der Waals surface area contributed by atoms with Gasteiger partial charge in [-0.2, -0.15) is 0 Å². The van der Waals surface area contributed by atoms with Gasteiger partial charge in [-0.25, -0.2) is 4.79 Å². The first-order chi connectivity index (χ1) is 8.00. The van der Waals surface area contributed by atoms with Gasteiger partial charge < -0.3 is 14.9 Å². The highest BCUT2D eigenvalue weighted by atomic mass is 16.6. The highest BCUT2D eigenvalue weighted by Crippen LogP contribution is 2.13. The van der Waals surface area contributed by atoms with Gasteiger partial charge in [-0.15, -0.1) is 0 Å². The number of hydrogen-bond donors (Lipinski definition) is 2. The van der Waals surface area contributed by atoms with Crippen LogP contribution < -0.4 is 0 Å². The summed E-state index contributed by atoms with van der Waals surface area (Å²) in [5, 5.41) is 17.8. The van der Waals surface area contributed by atoms with E-state index in [1.807, 2.05) is 0 Å². The van der Waals surface area contributed by atoms with Crippen molar-refractivity contribution in [1.82, 2.24) is 0 Å². The summed E-state index contributed by atoms with van der Waals surface area (Å²) in [5.74, 6) is -3.81. The van der Waals surface area contributed by atoms with Crippen LogP contribution in [0.25, 0.3) is 0 Å². The SMILES string of the molecule is O=C(O)CC(=O)OC(=O)[C@H](O)c1ccccc1. The number of carboxylic acids is 1. The lowest BCUT2D eigenvalue weighted by molar-refractivity contribution is -0.167. The Balaban J connectivity index is 2.59. The topological polar surface area (TPSA) is 101 Å². The van der Waals surface area contributed by atoms with E-state index in [9.17, 15) is 19.5 Å². The summed E-state index contributed by atoms with van der Waals surface area (Å²) in [6, 6.07) is 7.86. The molecule has 90 valence electrons. The number of esters is 2. The number of aliphatic hydroxyl groups is 1. The maximum absolute atomic E-state index is 11.2. The quantitative estimate of drug-likeness (QED) is 0.576. The monoisotopic (exact) mass is 238 g/mol. The fraction of sp³-hybridized carbons (Fsp3) is 0.182. The number of rotatable bonds is 4. The normalized spacial score (nSPS) is 11.6. The molecule has 0 unspecified atom stereocenters. The number of aliphatic hydroxyl groups excluding tert-OH is 1. The Morgan fingerprint density at radius 1 is 1.18 bits per heavy atom. The zero-order chi connectivity index (χ0) is 12.8. The van der Waals surface area contributed by atoms with Crippen molar-refractivity contribution in [3.05, 3.63) is 35.9 Å². The molecule has 6 heteroatoms. The third-order valence-electron chi connectivity index (χ3n) is 1.85. The van der Waals surface area contributed by atoms with Gasteiger partial charge in [0.05, 0.1) is 0 Å². The average molecular weight is 238 g/mol. The number of ether oxygens (including phenoxy) is 1. The molecule has 0 aliphatic heterocycles. The van der Waals surface area contributed by atoms with Crippen molar-refractivity contribution in [3.63, 3.8) is 0 Å². The minimum Gasteiger partial charge on any atom is -0.481 e. The summed E-state index contributed by atoms with van der Waals surface area (Å²) in [4.78, 5) is 32.3. The first-order valence-corrected chi connectivity index (χ1v) is 4.70. The second-order valence-corrected chi connectivity index (χ2v) is 3.18. The standard InChI is InChI=1S/C11H10O6/c12-8(13)6-9(14)17-11(16)10(15)7-4-2-1-3-5-7/h1-5,10,15H,6H2,(H,12,13)/t10-/m1/s1. The Labute approximate surface area is 96.4 Å². The predicted octanol–water partition coefficient (Wildman–Crippen LogP) is 0.264. The van der Waals surface area contributed by atoms with E-state index >= 15 is 0 Å². The second kappa shape index (κ2) is 5.76. The van der Waals surface area contributed by atoms with E-state index in [1.165, 1.54) is 12.1 Å². The van der Waals surface area contributed by atoms with Gasteiger partial charge in [-0.1, -0.05) is 30.3 Å². The summed E-state index contributed by atoms with van der Waals surface area (Å²) < 4.78 is 4.17. The molecule has 0 spiro atoms. The van der Waals surface area contributed by atoms with E-state index in [1.54, 1.807) is 18.2 Å². The smallest absolute Gasteiger partial charge is 0.347 e. The number of carbonyl (C=O) groups is 3. The fourth-order valence-corrected chi connectivity index (χ4v) is 1.10. The number of benzene rings is 1. The Kier molecular flexibility index (Phi) is 4.36. The second-order valence-electron chi connectivity index (χ2n) is 3.18. The molecule has 1 aromatic rings. The molecule has 17 heavy (non-hydrogen) atoms. The minimum absolute atomic E-state index is 0.264. The Morgan fingerprint density at radius 2 is 1.76 bits per heavy atom. The molecular weight excluding hydrogens is 228 g/mol. The van der Waals surface area contributed by atoms with Crippen LogP contribution in [0.1, 0.15) is 18.1 Å². The molecule has 2 N–H and O–H groups in total. The molecule has 6 nitrogen and oxygen atoms in total. The number of aliphatic carboxylic acids is 1. The van der Waals surface area contributed by atoms with Crippen LogP contribution in [0.15, 0.2) is 30.3 Å². The molecule has 0 fully saturated rings. The zero-order valence-corrected chi connectivity index (χ0v) is 8.70. The van der Waals surface area contributed by atoms with Gasteiger partial charge in [-0.05, 0) is 5.56 Å². The number of carbonyl (C=O) groups excluding carboxylic acids is 2. The summed E-state index contributed by atoms with van der Waals surface area (Å²) in [6.07, 6.45) is -2.53. The largest absolute Gasteiger partial charge is 0.481 e. The molecule has 0 aliphatic rings. The molecule has 0 aliphatic carbocycles.